The van der Waals surface area contributed by atoms with Crippen LogP contribution in [0.5, 0.6) is 5.75 Å². The first kappa shape index (κ1) is 28.7. The highest BCUT2D eigenvalue weighted by atomic mass is 35.5. The number of nitrogens with zero attached hydrogens (tertiary/aromatic N) is 1. The summed E-state index contributed by atoms with van der Waals surface area (Å²) >= 11 is 6.06. The molecule has 206 valence electrons. The Morgan fingerprint density at radius 2 is 1.67 bits per heavy atom. The molecule has 0 aliphatic carbocycles. The standard InChI is InChI=1S/C32H37ClN2O4/c1-21(2)28(34-29(36)24-8-6-7-23(19-24)22-9-15-27(39-5)16-10-22)30(37)35-18-17-32(38,31(3,4)20-35)25-11-13-26(33)14-12-25/h6-16,19,21,28,38H,17-18,20H2,1-5H3,(H,34,36)/t28-,32+/m1/s1. The fourth-order valence-electron chi connectivity index (χ4n) is 5.33. The first-order valence-electron chi connectivity index (χ1n) is 13.3. The summed E-state index contributed by atoms with van der Waals surface area (Å²) in [6, 6.07) is 21.6. The summed E-state index contributed by atoms with van der Waals surface area (Å²) in [6.45, 7) is 8.53. The highest BCUT2D eigenvalue weighted by Gasteiger charge is 2.50. The highest BCUT2D eigenvalue weighted by Crippen LogP contribution is 2.46. The molecule has 0 aromatic heterocycles. The van der Waals surface area contributed by atoms with Crippen LogP contribution in [0.2, 0.25) is 5.02 Å². The van der Waals surface area contributed by atoms with Gasteiger partial charge in [0.05, 0.1) is 12.7 Å². The number of aliphatic hydroxyl groups is 1. The molecule has 6 nitrogen and oxygen atoms in total. The van der Waals surface area contributed by atoms with Crippen LogP contribution in [0.3, 0.4) is 0 Å². The number of likely N-dealkylation sites (tertiary alicyclic amines) is 1. The molecule has 39 heavy (non-hydrogen) atoms. The minimum Gasteiger partial charge on any atom is -0.497 e. The number of nitrogens with one attached hydrogen (secondary N) is 1. The molecule has 0 radical (unpaired) electrons. The van der Waals surface area contributed by atoms with E-state index in [2.05, 4.69) is 5.32 Å². The molecule has 2 N–H and O–H groups in total. The second-order valence-electron chi connectivity index (χ2n) is 11.3. The molecular formula is C32H37ClN2O4. The van der Waals surface area contributed by atoms with E-state index < -0.39 is 17.1 Å². The Bertz CT molecular complexity index is 1320. The predicted molar refractivity (Wildman–Crippen MR) is 155 cm³/mol. The van der Waals surface area contributed by atoms with Gasteiger partial charge in [-0.25, -0.2) is 0 Å². The van der Waals surface area contributed by atoms with E-state index in [-0.39, 0.29) is 17.7 Å². The van der Waals surface area contributed by atoms with E-state index in [0.717, 1.165) is 22.4 Å². The first-order chi connectivity index (χ1) is 18.4. The zero-order chi connectivity index (χ0) is 28.4. The van der Waals surface area contributed by atoms with Gasteiger partial charge in [-0.15, -0.1) is 0 Å². The smallest absolute Gasteiger partial charge is 0.251 e. The largest absolute Gasteiger partial charge is 0.497 e. The Hall–Kier alpha value is -3.35. The number of hydrogen-bond acceptors (Lipinski definition) is 4. The Labute approximate surface area is 235 Å². The average Bonchev–Trinajstić information content (AvgIpc) is 2.93. The molecule has 3 aromatic carbocycles. The number of amides is 2. The minimum absolute atomic E-state index is 0.119. The minimum atomic E-state index is -1.10. The number of benzene rings is 3. The van der Waals surface area contributed by atoms with Gasteiger partial charge in [0.2, 0.25) is 5.91 Å². The number of rotatable bonds is 7. The van der Waals surface area contributed by atoms with Crippen molar-refractivity contribution in [2.24, 2.45) is 11.3 Å². The van der Waals surface area contributed by atoms with Gasteiger partial charge in [0.15, 0.2) is 0 Å². The molecule has 2 atom stereocenters. The molecule has 1 aliphatic heterocycles. The monoisotopic (exact) mass is 548 g/mol. The van der Waals surface area contributed by atoms with Crippen LogP contribution in [-0.2, 0) is 10.4 Å². The van der Waals surface area contributed by atoms with Crippen LogP contribution in [0, 0.1) is 11.3 Å². The third-order valence-corrected chi connectivity index (χ3v) is 8.10. The van der Waals surface area contributed by atoms with Crippen molar-refractivity contribution >= 4 is 23.4 Å². The van der Waals surface area contributed by atoms with Crippen LogP contribution in [0.15, 0.2) is 72.8 Å². The van der Waals surface area contributed by atoms with Gasteiger partial charge < -0.3 is 20.1 Å². The molecule has 4 rings (SSSR count). The van der Waals surface area contributed by atoms with E-state index in [0.29, 0.717) is 30.1 Å². The maximum Gasteiger partial charge on any atom is 0.251 e. The third-order valence-electron chi connectivity index (χ3n) is 7.85. The number of hydrogen-bond donors (Lipinski definition) is 2. The first-order valence-corrected chi connectivity index (χ1v) is 13.7. The molecule has 0 unspecified atom stereocenters. The number of ether oxygens (including phenoxy) is 1. The molecule has 0 spiro atoms. The lowest BCUT2D eigenvalue weighted by molar-refractivity contribution is -0.155. The lowest BCUT2D eigenvalue weighted by Gasteiger charge is -2.51. The number of piperidine rings is 1. The third kappa shape index (κ3) is 5.97. The van der Waals surface area contributed by atoms with Crippen LogP contribution >= 0.6 is 11.6 Å². The second kappa shape index (κ2) is 11.4. The summed E-state index contributed by atoms with van der Waals surface area (Å²) in [7, 11) is 1.62. The van der Waals surface area contributed by atoms with Crippen molar-refractivity contribution in [1.82, 2.24) is 10.2 Å². The number of halogens is 1. The Morgan fingerprint density at radius 1 is 1.00 bits per heavy atom. The normalized spacial score (nSPS) is 19.4. The maximum absolute atomic E-state index is 13.7. The van der Waals surface area contributed by atoms with Crippen LogP contribution in [0.4, 0.5) is 0 Å². The van der Waals surface area contributed by atoms with Crippen molar-refractivity contribution in [2.45, 2.75) is 45.8 Å². The van der Waals surface area contributed by atoms with E-state index >= 15 is 0 Å². The number of methoxy groups -OCH3 is 1. The van der Waals surface area contributed by atoms with Crippen LogP contribution in [0.1, 0.15) is 50.0 Å². The zero-order valence-corrected chi connectivity index (χ0v) is 24.0. The van der Waals surface area contributed by atoms with Crippen molar-refractivity contribution in [2.75, 3.05) is 20.2 Å². The average molecular weight is 549 g/mol. The van der Waals surface area contributed by atoms with Crippen LogP contribution in [0.25, 0.3) is 11.1 Å². The van der Waals surface area contributed by atoms with Gasteiger partial charge in [-0.2, -0.15) is 0 Å². The predicted octanol–water partition coefficient (Wildman–Crippen LogP) is 5.92. The van der Waals surface area contributed by atoms with Crippen molar-refractivity contribution < 1.29 is 19.4 Å². The fourth-order valence-corrected chi connectivity index (χ4v) is 5.46. The maximum atomic E-state index is 13.7. The van der Waals surface area contributed by atoms with Gasteiger partial charge in [0.1, 0.15) is 11.8 Å². The van der Waals surface area contributed by atoms with E-state index in [1.54, 1.807) is 30.2 Å². The molecule has 1 saturated heterocycles. The van der Waals surface area contributed by atoms with Crippen molar-refractivity contribution in [1.29, 1.82) is 0 Å². The van der Waals surface area contributed by atoms with E-state index in [4.69, 9.17) is 16.3 Å². The molecule has 3 aromatic rings. The summed E-state index contributed by atoms with van der Waals surface area (Å²) in [5, 5.41) is 15.3. The summed E-state index contributed by atoms with van der Waals surface area (Å²) in [4.78, 5) is 28.8. The molecule has 7 heteroatoms. The van der Waals surface area contributed by atoms with Crippen molar-refractivity contribution in [3.05, 3.63) is 88.9 Å². The van der Waals surface area contributed by atoms with Crippen molar-refractivity contribution in [3.63, 3.8) is 0 Å². The van der Waals surface area contributed by atoms with E-state index in [9.17, 15) is 14.7 Å². The molecule has 1 aliphatic rings. The van der Waals surface area contributed by atoms with E-state index in [1.165, 1.54) is 0 Å². The lowest BCUT2D eigenvalue weighted by Crippen LogP contribution is -2.60. The Morgan fingerprint density at radius 3 is 2.26 bits per heavy atom. The summed E-state index contributed by atoms with van der Waals surface area (Å²) < 4.78 is 5.24. The van der Waals surface area contributed by atoms with Crippen LogP contribution < -0.4 is 10.1 Å². The number of carbonyl (C=O) groups is 2. The quantitative estimate of drug-likeness (QED) is 0.384. The van der Waals surface area contributed by atoms with Crippen molar-refractivity contribution in [3.8, 4) is 16.9 Å². The molecule has 1 heterocycles. The zero-order valence-electron chi connectivity index (χ0n) is 23.2. The fraction of sp³-hybridized carbons (Fsp3) is 0.375. The molecule has 0 bridgehead atoms. The van der Waals surface area contributed by atoms with Gasteiger partial charge in [-0.3, -0.25) is 9.59 Å². The van der Waals surface area contributed by atoms with Gasteiger partial charge in [0.25, 0.3) is 5.91 Å². The van der Waals surface area contributed by atoms with Gasteiger partial charge in [-0.05, 0) is 65.4 Å². The van der Waals surface area contributed by atoms with Crippen LogP contribution in [-0.4, -0.2) is 48.1 Å². The summed E-state index contributed by atoms with van der Waals surface area (Å²) in [6.07, 6.45) is 0.385. The topological polar surface area (TPSA) is 78.9 Å². The van der Waals surface area contributed by atoms with Gasteiger partial charge in [-0.1, -0.05) is 75.7 Å². The van der Waals surface area contributed by atoms with Gasteiger partial charge in [0, 0.05) is 29.1 Å². The lowest BCUT2D eigenvalue weighted by atomic mass is 9.66. The second-order valence-corrected chi connectivity index (χ2v) is 11.7. The molecule has 0 saturated carbocycles. The summed E-state index contributed by atoms with van der Waals surface area (Å²) in [5.74, 6) is 0.201. The Kier molecular flexibility index (Phi) is 8.38. The molecule has 1 fully saturated rings. The number of carbonyl (C=O) groups excluding carboxylic acids is 2. The van der Waals surface area contributed by atoms with E-state index in [1.807, 2.05) is 82.3 Å². The molecular weight excluding hydrogens is 512 g/mol. The highest BCUT2D eigenvalue weighted by molar-refractivity contribution is 6.30. The summed E-state index contributed by atoms with van der Waals surface area (Å²) in [5.41, 5.74) is 1.41. The Balaban J connectivity index is 1.49. The van der Waals surface area contributed by atoms with Gasteiger partial charge >= 0.3 is 0 Å². The SMILES string of the molecule is COc1ccc(-c2cccc(C(=O)N[C@@H](C(=O)N3CC[C@](O)(c4ccc(Cl)cc4)C(C)(C)C3)C(C)C)c2)cc1. The molecule has 2 amide bonds.